The zero-order chi connectivity index (χ0) is 10.9. The van der Waals surface area contributed by atoms with E-state index in [0.717, 1.165) is 17.9 Å². The summed E-state index contributed by atoms with van der Waals surface area (Å²) in [5, 5.41) is 3.84. The SMILES string of the molecule is CC(C)C(NCC1(C)CCCS1)C1CC1. The summed E-state index contributed by atoms with van der Waals surface area (Å²) in [6.07, 6.45) is 5.73. The van der Waals surface area contributed by atoms with E-state index in [4.69, 9.17) is 0 Å². The molecule has 0 spiro atoms. The maximum atomic E-state index is 3.84. The van der Waals surface area contributed by atoms with Crippen LogP contribution in [-0.2, 0) is 0 Å². The molecule has 2 heteroatoms. The van der Waals surface area contributed by atoms with Crippen molar-refractivity contribution in [2.24, 2.45) is 11.8 Å². The topological polar surface area (TPSA) is 12.0 Å². The van der Waals surface area contributed by atoms with Crippen molar-refractivity contribution in [2.45, 2.75) is 57.2 Å². The molecule has 0 bridgehead atoms. The number of hydrogen-bond acceptors (Lipinski definition) is 2. The standard InChI is InChI=1S/C13H25NS/c1-10(2)12(11-5-6-11)14-9-13(3)7-4-8-15-13/h10-12,14H,4-9H2,1-3H3. The molecule has 1 nitrogen and oxygen atoms in total. The highest BCUT2D eigenvalue weighted by Crippen LogP contribution is 2.39. The molecule has 0 amide bonds. The van der Waals surface area contributed by atoms with Crippen LogP contribution in [0.15, 0.2) is 0 Å². The van der Waals surface area contributed by atoms with Crippen LogP contribution in [0.4, 0.5) is 0 Å². The Morgan fingerprint density at radius 1 is 1.40 bits per heavy atom. The molecule has 0 aromatic rings. The van der Waals surface area contributed by atoms with E-state index in [0.29, 0.717) is 4.75 Å². The quantitative estimate of drug-likeness (QED) is 0.773. The van der Waals surface area contributed by atoms with Crippen molar-refractivity contribution >= 4 is 11.8 Å². The largest absolute Gasteiger partial charge is 0.312 e. The van der Waals surface area contributed by atoms with Crippen LogP contribution in [0.25, 0.3) is 0 Å². The summed E-state index contributed by atoms with van der Waals surface area (Å²) in [5.41, 5.74) is 0. The summed E-state index contributed by atoms with van der Waals surface area (Å²) in [7, 11) is 0. The van der Waals surface area contributed by atoms with E-state index >= 15 is 0 Å². The van der Waals surface area contributed by atoms with Crippen molar-refractivity contribution < 1.29 is 0 Å². The van der Waals surface area contributed by atoms with E-state index in [2.05, 4.69) is 37.8 Å². The maximum absolute atomic E-state index is 3.84. The predicted molar refractivity (Wildman–Crippen MR) is 69.4 cm³/mol. The van der Waals surface area contributed by atoms with Crippen LogP contribution in [0.1, 0.15) is 46.5 Å². The summed E-state index contributed by atoms with van der Waals surface area (Å²) in [4.78, 5) is 0. The number of nitrogens with one attached hydrogen (secondary N) is 1. The van der Waals surface area contributed by atoms with Gasteiger partial charge < -0.3 is 5.32 Å². The molecule has 0 aromatic carbocycles. The fourth-order valence-electron chi connectivity index (χ4n) is 2.71. The lowest BCUT2D eigenvalue weighted by molar-refractivity contribution is 0.345. The minimum Gasteiger partial charge on any atom is -0.312 e. The van der Waals surface area contributed by atoms with Gasteiger partial charge in [0.1, 0.15) is 0 Å². The van der Waals surface area contributed by atoms with Crippen molar-refractivity contribution in [3.8, 4) is 0 Å². The molecule has 0 aromatic heterocycles. The first-order chi connectivity index (χ1) is 7.11. The van der Waals surface area contributed by atoms with Gasteiger partial charge in [-0.05, 0) is 50.2 Å². The molecule has 2 aliphatic rings. The molecular weight excluding hydrogens is 202 g/mol. The van der Waals surface area contributed by atoms with Gasteiger partial charge in [-0.1, -0.05) is 13.8 Å². The number of rotatable bonds is 5. The van der Waals surface area contributed by atoms with Crippen molar-refractivity contribution in [1.29, 1.82) is 0 Å². The summed E-state index contributed by atoms with van der Waals surface area (Å²) < 4.78 is 0.530. The Kier molecular flexibility index (Phi) is 3.67. The molecule has 1 saturated heterocycles. The first-order valence-corrected chi connectivity index (χ1v) is 7.47. The van der Waals surface area contributed by atoms with Crippen LogP contribution < -0.4 is 5.32 Å². The maximum Gasteiger partial charge on any atom is 0.0256 e. The minimum atomic E-state index is 0.530. The highest BCUT2D eigenvalue weighted by Gasteiger charge is 2.35. The molecule has 15 heavy (non-hydrogen) atoms. The molecule has 0 radical (unpaired) electrons. The Balaban J connectivity index is 1.79. The second-order valence-electron chi connectivity index (χ2n) is 5.89. The summed E-state index contributed by atoms with van der Waals surface area (Å²) in [6.45, 7) is 8.37. The third kappa shape index (κ3) is 3.13. The molecule has 1 aliphatic carbocycles. The number of thioether (sulfide) groups is 1. The van der Waals surface area contributed by atoms with Gasteiger partial charge in [0.15, 0.2) is 0 Å². The van der Waals surface area contributed by atoms with E-state index < -0.39 is 0 Å². The van der Waals surface area contributed by atoms with Crippen molar-refractivity contribution in [2.75, 3.05) is 12.3 Å². The van der Waals surface area contributed by atoms with Crippen molar-refractivity contribution in [1.82, 2.24) is 5.32 Å². The summed E-state index contributed by atoms with van der Waals surface area (Å²) >= 11 is 2.17. The van der Waals surface area contributed by atoms with Crippen LogP contribution in [0.5, 0.6) is 0 Å². The van der Waals surface area contributed by atoms with Gasteiger partial charge in [0.25, 0.3) is 0 Å². The molecule has 2 fully saturated rings. The van der Waals surface area contributed by atoms with Gasteiger partial charge in [-0.25, -0.2) is 0 Å². The molecule has 1 aliphatic heterocycles. The molecular formula is C13H25NS. The third-order valence-corrected chi connectivity index (χ3v) is 5.40. The smallest absolute Gasteiger partial charge is 0.0256 e. The van der Waals surface area contributed by atoms with E-state index in [1.807, 2.05) is 0 Å². The normalized spacial score (nSPS) is 33.6. The summed E-state index contributed by atoms with van der Waals surface area (Å²) in [5.74, 6) is 3.15. The van der Waals surface area contributed by atoms with Gasteiger partial charge >= 0.3 is 0 Å². The average Bonchev–Trinajstić information content (AvgIpc) is 2.90. The number of hydrogen-bond donors (Lipinski definition) is 1. The molecule has 2 rings (SSSR count). The molecule has 2 atom stereocenters. The molecule has 1 N–H and O–H groups in total. The molecule has 2 unspecified atom stereocenters. The molecule has 88 valence electrons. The first-order valence-electron chi connectivity index (χ1n) is 6.48. The Bertz CT molecular complexity index is 203. The van der Waals surface area contributed by atoms with Crippen LogP contribution in [0.3, 0.4) is 0 Å². The van der Waals surface area contributed by atoms with Crippen LogP contribution in [-0.4, -0.2) is 23.1 Å². The van der Waals surface area contributed by atoms with Gasteiger partial charge in [-0.3, -0.25) is 0 Å². The molecule has 1 heterocycles. The van der Waals surface area contributed by atoms with Gasteiger partial charge in [0.05, 0.1) is 0 Å². The Morgan fingerprint density at radius 2 is 2.13 bits per heavy atom. The van der Waals surface area contributed by atoms with E-state index in [1.54, 1.807) is 0 Å². The van der Waals surface area contributed by atoms with E-state index in [1.165, 1.54) is 38.0 Å². The zero-order valence-electron chi connectivity index (χ0n) is 10.4. The Hall–Kier alpha value is 0.310. The lowest BCUT2D eigenvalue weighted by atomic mass is 9.98. The van der Waals surface area contributed by atoms with Gasteiger partial charge in [-0.15, -0.1) is 0 Å². The van der Waals surface area contributed by atoms with E-state index in [9.17, 15) is 0 Å². The monoisotopic (exact) mass is 227 g/mol. The predicted octanol–water partition coefficient (Wildman–Crippen LogP) is 3.30. The van der Waals surface area contributed by atoms with Crippen LogP contribution in [0, 0.1) is 11.8 Å². The molecule has 1 saturated carbocycles. The Labute approximate surface area is 98.8 Å². The highest BCUT2D eigenvalue weighted by molar-refractivity contribution is 8.00. The summed E-state index contributed by atoms with van der Waals surface area (Å²) in [6, 6.07) is 0.781. The van der Waals surface area contributed by atoms with Crippen LogP contribution >= 0.6 is 11.8 Å². The zero-order valence-corrected chi connectivity index (χ0v) is 11.2. The lowest BCUT2D eigenvalue weighted by Gasteiger charge is -2.29. The second-order valence-corrected chi connectivity index (χ2v) is 7.57. The van der Waals surface area contributed by atoms with Crippen LogP contribution in [0.2, 0.25) is 0 Å². The third-order valence-electron chi connectivity index (χ3n) is 3.86. The second kappa shape index (κ2) is 4.67. The Morgan fingerprint density at radius 3 is 2.60 bits per heavy atom. The fourth-order valence-corrected chi connectivity index (χ4v) is 3.97. The van der Waals surface area contributed by atoms with Gasteiger partial charge in [0.2, 0.25) is 0 Å². The highest BCUT2D eigenvalue weighted by atomic mass is 32.2. The van der Waals surface area contributed by atoms with Gasteiger partial charge in [-0.2, -0.15) is 11.8 Å². The fraction of sp³-hybridized carbons (Fsp3) is 1.00. The van der Waals surface area contributed by atoms with Gasteiger partial charge in [0, 0.05) is 17.3 Å². The van der Waals surface area contributed by atoms with Crippen molar-refractivity contribution in [3.63, 3.8) is 0 Å². The minimum absolute atomic E-state index is 0.530. The van der Waals surface area contributed by atoms with Crippen molar-refractivity contribution in [3.05, 3.63) is 0 Å². The average molecular weight is 227 g/mol. The van der Waals surface area contributed by atoms with E-state index in [-0.39, 0.29) is 0 Å². The lowest BCUT2D eigenvalue weighted by Crippen LogP contribution is -2.43. The first kappa shape index (κ1) is 11.8.